The van der Waals surface area contributed by atoms with E-state index in [1.807, 2.05) is 36.4 Å². The zero-order valence-electron chi connectivity index (χ0n) is 12.0. The van der Waals surface area contributed by atoms with Gasteiger partial charge >= 0.3 is 0 Å². The predicted molar refractivity (Wildman–Crippen MR) is 86.2 cm³/mol. The molecule has 2 aromatic carbocycles. The number of halogens is 2. The number of amides is 1. The lowest BCUT2D eigenvalue weighted by atomic mass is 9.88. The Morgan fingerprint density at radius 3 is 2.68 bits per heavy atom. The third-order valence-electron chi connectivity index (χ3n) is 3.84. The highest BCUT2D eigenvalue weighted by Gasteiger charge is 2.38. The second-order valence-corrected chi connectivity index (χ2v) is 6.07. The number of carbonyl (C=O) groups is 1. The summed E-state index contributed by atoms with van der Waals surface area (Å²) in [6.45, 7) is -0.612. The predicted octanol–water partition coefficient (Wildman–Crippen LogP) is 3.67. The fraction of sp³-hybridized carbons (Fsp3) is 0.235. The first-order chi connectivity index (χ1) is 10.7. The van der Waals surface area contributed by atoms with E-state index in [-0.39, 0.29) is 11.8 Å². The Kier molecular flexibility index (Phi) is 4.16. The van der Waals surface area contributed by atoms with E-state index in [1.165, 1.54) is 0 Å². The first kappa shape index (κ1) is 15.0. The molecular formula is C17H15BrFNO2. The normalized spacial score (nSPS) is 19.4. The zero-order chi connectivity index (χ0) is 15.7. The highest BCUT2D eigenvalue weighted by molar-refractivity contribution is 9.10. The van der Waals surface area contributed by atoms with Crippen LogP contribution in [0.15, 0.2) is 46.9 Å². The van der Waals surface area contributed by atoms with Crippen molar-refractivity contribution in [3.8, 4) is 5.75 Å². The molecule has 1 N–H and O–H groups in total. The summed E-state index contributed by atoms with van der Waals surface area (Å²) < 4.78 is 20.0. The number of benzene rings is 2. The number of rotatable bonds is 3. The average Bonchev–Trinajstić information content (AvgIpc) is 2.92. The van der Waals surface area contributed by atoms with Crippen LogP contribution in [0.2, 0.25) is 0 Å². The fourth-order valence-corrected chi connectivity index (χ4v) is 3.35. The molecule has 0 radical (unpaired) electrons. The van der Waals surface area contributed by atoms with Gasteiger partial charge in [-0.3, -0.25) is 4.79 Å². The lowest BCUT2D eigenvalue weighted by Crippen LogP contribution is -2.22. The molecule has 2 aromatic rings. The highest BCUT2D eigenvalue weighted by atomic mass is 79.9. The van der Waals surface area contributed by atoms with E-state index >= 15 is 0 Å². The van der Waals surface area contributed by atoms with Gasteiger partial charge in [-0.1, -0.05) is 46.3 Å². The Labute approximate surface area is 136 Å². The second-order valence-electron chi connectivity index (χ2n) is 5.15. The summed E-state index contributed by atoms with van der Waals surface area (Å²) in [5, 5.41) is 2.59. The summed E-state index contributed by atoms with van der Waals surface area (Å²) in [5.74, 6) is 0.00466. The van der Waals surface area contributed by atoms with Gasteiger partial charge < -0.3 is 10.1 Å². The van der Waals surface area contributed by atoms with Crippen molar-refractivity contribution in [3.63, 3.8) is 0 Å². The molecule has 114 valence electrons. The molecule has 5 heteroatoms. The van der Waals surface area contributed by atoms with Gasteiger partial charge in [0.15, 0.2) is 0 Å². The minimum Gasteiger partial charge on any atom is -0.486 e. The summed E-state index contributed by atoms with van der Waals surface area (Å²) in [7, 11) is 1.56. The van der Waals surface area contributed by atoms with Crippen LogP contribution in [-0.4, -0.2) is 25.7 Å². The molecule has 3 rings (SSSR count). The molecule has 0 saturated carbocycles. The van der Waals surface area contributed by atoms with E-state index < -0.39 is 12.8 Å². The van der Waals surface area contributed by atoms with E-state index in [0.29, 0.717) is 11.3 Å². The maximum absolute atomic E-state index is 13.5. The number of nitrogens with one attached hydrogen (secondary N) is 1. The van der Waals surface area contributed by atoms with Crippen molar-refractivity contribution in [3.05, 3.63) is 63.6 Å². The maximum atomic E-state index is 13.5. The number of fused-ring (bicyclic) bond motifs is 1. The summed E-state index contributed by atoms with van der Waals surface area (Å²) in [5.41, 5.74) is 2.23. The number of ether oxygens (including phenoxy) is 1. The quantitative estimate of drug-likeness (QED) is 0.903. The summed E-state index contributed by atoms with van der Waals surface area (Å²) in [4.78, 5) is 12.1. The van der Waals surface area contributed by atoms with Gasteiger partial charge in [-0.05, 0) is 17.7 Å². The molecule has 0 aliphatic carbocycles. The van der Waals surface area contributed by atoms with Gasteiger partial charge in [0, 0.05) is 17.1 Å². The van der Waals surface area contributed by atoms with Crippen molar-refractivity contribution in [1.82, 2.24) is 5.32 Å². The van der Waals surface area contributed by atoms with Crippen molar-refractivity contribution in [1.29, 1.82) is 0 Å². The Hall–Kier alpha value is -1.88. The molecule has 0 saturated heterocycles. The Bertz CT molecular complexity index is 705. The number of carbonyl (C=O) groups excluding carboxylic acids is 1. The first-order valence-electron chi connectivity index (χ1n) is 6.98. The van der Waals surface area contributed by atoms with Crippen LogP contribution in [0.4, 0.5) is 4.39 Å². The zero-order valence-corrected chi connectivity index (χ0v) is 13.6. The van der Waals surface area contributed by atoms with E-state index in [1.54, 1.807) is 13.1 Å². The molecule has 2 atom stereocenters. The number of hydrogen-bond donors (Lipinski definition) is 1. The van der Waals surface area contributed by atoms with Crippen molar-refractivity contribution in [2.75, 3.05) is 13.7 Å². The van der Waals surface area contributed by atoms with Crippen LogP contribution >= 0.6 is 15.9 Å². The highest BCUT2D eigenvalue weighted by Crippen LogP contribution is 2.45. The van der Waals surface area contributed by atoms with Gasteiger partial charge in [0.2, 0.25) is 0 Å². The monoisotopic (exact) mass is 363 g/mol. The third kappa shape index (κ3) is 2.50. The third-order valence-corrected chi connectivity index (χ3v) is 4.30. The van der Waals surface area contributed by atoms with E-state index in [2.05, 4.69) is 21.2 Å². The van der Waals surface area contributed by atoms with Crippen LogP contribution in [0.1, 0.15) is 27.4 Å². The molecule has 1 aliphatic heterocycles. The van der Waals surface area contributed by atoms with Crippen LogP contribution in [0.5, 0.6) is 5.75 Å². The van der Waals surface area contributed by atoms with Crippen molar-refractivity contribution >= 4 is 21.8 Å². The molecule has 0 fully saturated rings. The van der Waals surface area contributed by atoms with Crippen molar-refractivity contribution < 1.29 is 13.9 Å². The van der Waals surface area contributed by atoms with Crippen molar-refractivity contribution in [2.24, 2.45) is 0 Å². The molecule has 22 heavy (non-hydrogen) atoms. The van der Waals surface area contributed by atoms with E-state index in [0.717, 1.165) is 15.6 Å². The van der Waals surface area contributed by atoms with Crippen LogP contribution in [0.3, 0.4) is 0 Å². The molecule has 1 heterocycles. The van der Waals surface area contributed by atoms with Gasteiger partial charge in [-0.25, -0.2) is 4.39 Å². The van der Waals surface area contributed by atoms with Gasteiger partial charge in [-0.15, -0.1) is 0 Å². The molecule has 0 spiro atoms. The standard InChI is InChI=1S/C17H15BrFNO2/c1-20-17(21)13-8-11(18)7-12-15(10-5-3-2-4-6-10)14(9-19)22-16(12)13/h2-8,14-15H,9H2,1H3,(H,20,21). The molecule has 3 nitrogen and oxygen atoms in total. The van der Waals surface area contributed by atoms with Gasteiger partial charge in [0.25, 0.3) is 5.91 Å². The topological polar surface area (TPSA) is 38.3 Å². The van der Waals surface area contributed by atoms with Crippen LogP contribution < -0.4 is 10.1 Å². The first-order valence-corrected chi connectivity index (χ1v) is 7.78. The summed E-state index contributed by atoms with van der Waals surface area (Å²) in [6, 6.07) is 13.2. The van der Waals surface area contributed by atoms with Crippen LogP contribution in [0, 0.1) is 0 Å². The lowest BCUT2D eigenvalue weighted by molar-refractivity contribution is 0.0955. The van der Waals surface area contributed by atoms with E-state index in [4.69, 9.17) is 4.74 Å². The molecule has 1 aliphatic rings. The van der Waals surface area contributed by atoms with Gasteiger partial charge in [-0.2, -0.15) is 0 Å². The molecule has 1 amide bonds. The maximum Gasteiger partial charge on any atom is 0.254 e. The smallest absolute Gasteiger partial charge is 0.254 e. The second kappa shape index (κ2) is 6.08. The lowest BCUT2D eigenvalue weighted by Gasteiger charge is -2.16. The number of alkyl halides is 1. The summed E-state index contributed by atoms with van der Waals surface area (Å²) in [6.07, 6.45) is -0.616. The molecular weight excluding hydrogens is 349 g/mol. The van der Waals surface area contributed by atoms with Gasteiger partial charge in [0.1, 0.15) is 18.5 Å². The molecule has 0 bridgehead atoms. The Balaban J connectivity index is 2.16. The molecule has 2 unspecified atom stereocenters. The SMILES string of the molecule is CNC(=O)c1cc(Br)cc2c1OC(CF)C2c1ccccc1. The van der Waals surface area contributed by atoms with Gasteiger partial charge in [0.05, 0.1) is 11.5 Å². The Morgan fingerprint density at radius 2 is 2.05 bits per heavy atom. The van der Waals surface area contributed by atoms with E-state index in [9.17, 15) is 9.18 Å². The van der Waals surface area contributed by atoms with Crippen molar-refractivity contribution in [2.45, 2.75) is 12.0 Å². The fourth-order valence-electron chi connectivity index (χ4n) is 2.88. The number of hydrogen-bond acceptors (Lipinski definition) is 2. The average molecular weight is 364 g/mol. The Morgan fingerprint density at radius 1 is 1.32 bits per heavy atom. The van der Waals surface area contributed by atoms with Crippen LogP contribution in [-0.2, 0) is 0 Å². The minimum atomic E-state index is -0.616. The minimum absolute atomic E-state index is 0.220. The summed E-state index contributed by atoms with van der Waals surface area (Å²) >= 11 is 3.43. The van der Waals surface area contributed by atoms with Crippen LogP contribution in [0.25, 0.3) is 0 Å². The largest absolute Gasteiger partial charge is 0.486 e. The molecule has 0 aromatic heterocycles.